The molecule has 0 aliphatic carbocycles. The minimum Gasteiger partial charge on any atom is -0.383 e. The Morgan fingerprint density at radius 3 is 2.75 bits per heavy atom. The molecule has 0 radical (unpaired) electrons. The van der Waals surface area contributed by atoms with E-state index in [1.165, 1.54) is 0 Å². The second kappa shape index (κ2) is 6.23. The minimum atomic E-state index is 0.307. The highest BCUT2D eigenvalue weighted by atomic mass is 35.5. The zero-order valence-corrected chi connectivity index (χ0v) is 11.1. The molecular formula is C11H20ClN3O. The van der Waals surface area contributed by atoms with Crippen molar-refractivity contribution in [1.82, 2.24) is 15.1 Å². The van der Waals surface area contributed by atoms with Gasteiger partial charge in [-0.25, -0.2) is 0 Å². The van der Waals surface area contributed by atoms with E-state index in [1.807, 2.05) is 11.7 Å². The van der Waals surface area contributed by atoms with Gasteiger partial charge in [0.05, 0.1) is 23.0 Å². The van der Waals surface area contributed by atoms with Gasteiger partial charge in [0.25, 0.3) is 0 Å². The van der Waals surface area contributed by atoms with Crippen molar-refractivity contribution in [1.29, 1.82) is 0 Å². The Hall–Kier alpha value is -0.580. The molecular weight excluding hydrogens is 226 g/mol. The zero-order chi connectivity index (χ0) is 12.1. The van der Waals surface area contributed by atoms with Gasteiger partial charge in [-0.15, -0.1) is 0 Å². The van der Waals surface area contributed by atoms with E-state index in [2.05, 4.69) is 24.3 Å². The first-order valence-corrected chi connectivity index (χ1v) is 5.90. The van der Waals surface area contributed by atoms with Crippen LogP contribution in [0.5, 0.6) is 0 Å². The van der Waals surface area contributed by atoms with Gasteiger partial charge in [0.1, 0.15) is 0 Å². The molecule has 5 heteroatoms. The largest absolute Gasteiger partial charge is 0.383 e. The predicted molar refractivity (Wildman–Crippen MR) is 65.8 cm³/mol. The highest BCUT2D eigenvalue weighted by Gasteiger charge is 2.13. The predicted octanol–water partition coefficient (Wildman–Crippen LogP) is 1.76. The smallest absolute Gasteiger partial charge is 0.0863 e. The summed E-state index contributed by atoms with van der Waals surface area (Å²) in [4.78, 5) is 0. The van der Waals surface area contributed by atoms with E-state index in [4.69, 9.17) is 16.3 Å². The number of aryl methyl sites for hydroxylation is 2. The Bertz CT molecular complexity index is 338. The van der Waals surface area contributed by atoms with Gasteiger partial charge in [-0.3, -0.25) is 4.68 Å². The zero-order valence-electron chi connectivity index (χ0n) is 10.4. The summed E-state index contributed by atoms with van der Waals surface area (Å²) in [6.07, 6.45) is 0.861. The quantitative estimate of drug-likeness (QED) is 0.830. The molecule has 1 heterocycles. The van der Waals surface area contributed by atoms with E-state index in [9.17, 15) is 0 Å². The summed E-state index contributed by atoms with van der Waals surface area (Å²) < 4.78 is 6.90. The summed E-state index contributed by atoms with van der Waals surface area (Å²) in [7, 11) is 3.62. The van der Waals surface area contributed by atoms with Gasteiger partial charge < -0.3 is 10.1 Å². The maximum atomic E-state index is 6.24. The maximum Gasteiger partial charge on any atom is 0.0863 e. The van der Waals surface area contributed by atoms with Gasteiger partial charge >= 0.3 is 0 Å². The van der Waals surface area contributed by atoms with Crippen LogP contribution >= 0.6 is 11.6 Å². The van der Waals surface area contributed by atoms with E-state index < -0.39 is 0 Å². The Balaban J connectivity index is 2.63. The van der Waals surface area contributed by atoms with E-state index in [0.717, 1.165) is 22.8 Å². The number of aromatic nitrogens is 2. The summed E-state index contributed by atoms with van der Waals surface area (Å²) >= 11 is 6.24. The molecule has 1 aromatic heterocycles. The highest BCUT2D eigenvalue weighted by Crippen LogP contribution is 2.20. The van der Waals surface area contributed by atoms with Gasteiger partial charge in [0.2, 0.25) is 0 Å². The molecule has 1 N–H and O–H groups in total. The summed E-state index contributed by atoms with van der Waals surface area (Å²) in [6.45, 7) is 5.54. The first-order chi connectivity index (χ1) is 7.60. The average Bonchev–Trinajstić information content (AvgIpc) is 2.52. The fourth-order valence-corrected chi connectivity index (χ4v) is 1.95. The van der Waals surface area contributed by atoms with Crippen LogP contribution in [0.4, 0.5) is 0 Å². The Morgan fingerprint density at radius 1 is 1.56 bits per heavy atom. The van der Waals surface area contributed by atoms with Gasteiger partial charge in [0.15, 0.2) is 0 Å². The van der Waals surface area contributed by atoms with Crippen LogP contribution in [-0.2, 0) is 24.8 Å². The monoisotopic (exact) mass is 245 g/mol. The molecule has 0 spiro atoms. The third-order valence-corrected chi connectivity index (χ3v) is 2.97. The van der Waals surface area contributed by atoms with Crippen LogP contribution in [0.25, 0.3) is 0 Å². The van der Waals surface area contributed by atoms with Crippen molar-refractivity contribution in [2.75, 3.05) is 13.7 Å². The lowest BCUT2D eigenvalue weighted by Crippen LogP contribution is -2.30. The second-order valence-corrected chi connectivity index (χ2v) is 4.30. The minimum absolute atomic E-state index is 0.307. The van der Waals surface area contributed by atoms with Crippen molar-refractivity contribution < 1.29 is 4.74 Å². The molecule has 16 heavy (non-hydrogen) atoms. The van der Waals surface area contributed by atoms with Crippen LogP contribution in [0.15, 0.2) is 0 Å². The number of methoxy groups -OCH3 is 1. The van der Waals surface area contributed by atoms with Crippen molar-refractivity contribution in [3.63, 3.8) is 0 Å². The van der Waals surface area contributed by atoms with Crippen LogP contribution in [0.2, 0.25) is 5.02 Å². The molecule has 0 saturated carbocycles. The Morgan fingerprint density at radius 2 is 2.25 bits per heavy atom. The van der Waals surface area contributed by atoms with Crippen molar-refractivity contribution in [3.05, 3.63) is 16.4 Å². The number of hydrogen-bond donors (Lipinski definition) is 1. The lowest BCUT2D eigenvalue weighted by atomic mass is 10.3. The molecule has 0 bridgehead atoms. The molecule has 1 atom stereocenters. The summed E-state index contributed by atoms with van der Waals surface area (Å²) in [5, 5.41) is 8.49. The van der Waals surface area contributed by atoms with Gasteiger partial charge in [-0.1, -0.05) is 18.5 Å². The van der Waals surface area contributed by atoms with Crippen LogP contribution in [0, 0.1) is 0 Å². The highest BCUT2D eigenvalue weighted by molar-refractivity contribution is 6.31. The van der Waals surface area contributed by atoms with E-state index in [0.29, 0.717) is 19.2 Å². The number of nitrogens with zero attached hydrogens (tertiary/aromatic N) is 2. The van der Waals surface area contributed by atoms with Crippen LogP contribution in [0.1, 0.15) is 25.2 Å². The van der Waals surface area contributed by atoms with Crippen LogP contribution in [0.3, 0.4) is 0 Å². The lowest BCUT2D eigenvalue weighted by Gasteiger charge is -2.12. The fourth-order valence-electron chi connectivity index (χ4n) is 1.59. The number of rotatable bonds is 6. The van der Waals surface area contributed by atoms with Gasteiger partial charge in [-0.2, -0.15) is 5.10 Å². The molecule has 1 aromatic rings. The van der Waals surface area contributed by atoms with Gasteiger partial charge in [-0.05, 0) is 13.3 Å². The van der Waals surface area contributed by atoms with E-state index in [1.54, 1.807) is 7.11 Å². The number of halogens is 1. The van der Waals surface area contributed by atoms with Gasteiger partial charge in [0, 0.05) is 26.7 Å². The molecule has 0 fully saturated rings. The molecule has 4 nitrogen and oxygen atoms in total. The third-order valence-electron chi connectivity index (χ3n) is 2.54. The second-order valence-electron chi connectivity index (χ2n) is 3.92. The summed E-state index contributed by atoms with van der Waals surface area (Å²) in [5.41, 5.74) is 1.99. The van der Waals surface area contributed by atoms with E-state index in [-0.39, 0.29) is 0 Å². The number of nitrogens with one attached hydrogen (secondary N) is 1. The molecule has 92 valence electrons. The maximum absolute atomic E-state index is 6.24. The molecule has 1 unspecified atom stereocenters. The standard InChI is InChI=1S/C11H20ClN3O/c1-5-9-11(12)10(15(3)14-9)6-13-8(2)7-16-4/h8,13H,5-7H2,1-4H3. The fraction of sp³-hybridized carbons (Fsp3) is 0.727. The SMILES string of the molecule is CCc1nn(C)c(CNC(C)COC)c1Cl. The first-order valence-electron chi connectivity index (χ1n) is 5.52. The topological polar surface area (TPSA) is 39.1 Å². The lowest BCUT2D eigenvalue weighted by molar-refractivity contribution is 0.171. The Labute approximate surface area is 102 Å². The van der Waals surface area contributed by atoms with Crippen molar-refractivity contribution >= 4 is 11.6 Å². The van der Waals surface area contributed by atoms with Crippen molar-refractivity contribution in [3.8, 4) is 0 Å². The number of hydrogen-bond acceptors (Lipinski definition) is 3. The summed E-state index contributed by atoms with van der Waals surface area (Å²) in [5.74, 6) is 0. The molecule has 0 aromatic carbocycles. The molecule has 0 saturated heterocycles. The first kappa shape index (κ1) is 13.5. The summed E-state index contributed by atoms with van der Waals surface area (Å²) in [6, 6.07) is 0.307. The molecule has 0 aliphatic heterocycles. The molecule has 1 rings (SSSR count). The third kappa shape index (κ3) is 3.20. The normalized spacial score (nSPS) is 13.1. The molecule has 0 aliphatic rings. The van der Waals surface area contributed by atoms with Crippen molar-refractivity contribution in [2.24, 2.45) is 7.05 Å². The Kier molecular flexibility index (Phi) is 5.25. The number of ether oxygens (including phenoxy) is 1. The van der Waals surface area contributed by atoms with Crippen molar-refractivity contribution in [2.45, 2.75) is 32.9 Å². The van der Waals surface area contributed by atoms with Crippen LogP contribution in [-0.4, -0.2) is 29.5 Å². The molecule has 0 amide bonds. The average molecular weight is 246 g/mol. The van der Waals surface area contributed by atoms with E-state index >= 15 is 0 Å². The van der Waals surface area contributed by atoms with Crippen LogP contribution < -0.4 is 5.32 Å².